The maximum Gasteiger partial charge on any atom is 0.208 e. The Kier molecular flexibility index (Phi) is 4.95. The molecule has 0 bridgehead atoms. The van der Waals surface area contributed by atoms with Gasteiger partial charge in [0.05, 0.1) is 10.9 Å². The second-order valence-corrected chi connectivity index (χ2v) is 5.33. The first-order valence-electron chi connectivity index (χ1n) is 4.13. The third-order valence-corrected chi connectivity index (χ3v) is 3.66. The van der Waals surface area contributed by atoms with Crippen molar-refractivity contribution in [2.24, 2.45) is 4.99 Å². The zero-order valence-corrected chi connectivity index (χ0v) is 10.8. The minimum absolute atomic E-state index is 0.710. The first kappa shape index (κ1) is 12.4. The standard InChI is InChI=1S/C9H10ClN3S2/c1-13(9(14-2)12-6-11)5-7-3-4-8(10)15-7/h3-4H,5H2,1-2H3. The van der Waals surface area contributed by atoms with Gasteiger partial charge in [-0.15, -0.1) is 16.3 Å². The molecule has 1 aromatic rings. The van der Waals surface area contributed by atoms with Gasteiger partial charge in [0.2, 0.25) is 6.19 Å². The summed E-state index contributed by atoms with van der Waals surface area (Å²) in [7, 11) is 1.90. The number of halogens is 1. The lowest BCUT2D eigenvalue weighted by Crippen LogP contribution is -2.22. The highest BCUT2D eigenvalue weighted by molar-refractivity contribution is 8.13. The number of hydrogen-bond donors (Lipinski definition) is 0. The van der Waals surface area contributed by atoms with E-state index in [1.807, 2.05) is 30.3 Å². The van der Waals surface area contributed by atoms with Gasteiger partial charge in [0.1, 0.15) is 0 Å². The number of thiophene rings is 1. The Morgan fingerprint density at radius 1 is 1.73 bits per heavy atom. The largest absolute Gasteiger partial charge is 0.348 e. The van der Waals surface area contributed by atoms with E-state index in [1.165, 1.54) is 23.1 Å². The number of nitriles is 1. The SMILES string of the molecule is CSC(=NC#N)N(C)Cc1ccc(Cl)s1. The molecule has 0 unspecified atom stereocenters. The minimum Gasteiger partial charge on any atom is -0.348 e. The summed E-state index contributed by atoms with van der Waals surface area (Å²) >= 11 is 8.82. The average Bonchev–Trinajstić information content (AvgIpc) is 2.60. The Balaban J connectivity index is 2.66. The molecule has 0 radical (unpaired) electrons. The zero-order valence-electron chi connectivity index (χ0n) is 8.40. The van der Waals surface area contributed by atoms with E-state index in [0.717, 1.165) is 15.8 Å². The lowest BCUT2D eigenvalue weighted by Gasteiger charge is -2.17. The number of hydrogen-bond acceptors (Lipinski definition) is 4. The molecule has 0 aliphatic heterocycles. The summed E-state index contributed by atoms with van der Waals surface area (Å²) < 4.78 is 0.779. The van der Waals surface area contributed by atoms with Crippen LogP contribution >= 0.6 is 34.7 Å². The van der Waals surface area contributed by atoms with Crippen LogP contribution in [0.3, 0.4) is 0 Å². The summed E-state index contributed by atoms with van der Waals surface area (Å²) in [6, 6.07) is 3.85. The van der Waals surface area contributed by atoms with Crippen molar-refractivity contribution in [3.8, 4) is 6.19 Å². The van der Waals surface area contributed by atoms with Crippen LogP contribution in [0.15, 0.2) is 17.1 Å². The van der Waals surface area contributed by atoms with Crippen molar-refractivity contribution in [2.45, 2.75) is 6.54 Å². The molecular weight excluding hydrogens is 250 g/mol. The van der Waals surface area contributed by atoms with Crippen LogP contribution in [-0.4, -0.2) is 23.4 Å². The third kappa shape index (κ3) is 3.74. The molecule has 0 spiro atoms. The molecule has 6 heteroatoms. The number of thioether (sulfide) groups is 1. The van der Waals surface area contributed by atoms with Crippen molar-refractivity contribution in [3.05, 3.63) is 21.3 Å². The minimum atomic E-state index is 0.710. The Bertz CT molecular complexity index is 394. The molecule has 80 valence electrons. The maximum absolute atomic E-state index is 8.49. The molecule has 0 amide bonds. The molecule has 1 rings (SSSR count). The van der Waals surface area contributed by atoms with Gasteiger partial charge in [0.15, 0.2) is 5.17 Å². The molecule has 0 N–H and O–H groups in total. The van der Waals surface area contributed by atoms with Crippen molar-refractivity contribution in [3.63, 3.8) is 0 Å². The van der Waals surface area contributed by atoms with Crippen LogP contribution in [0.4, 0.5) is 0 Å². The van der Waals surface area contributed by atoms with Crippen molar-refractivity contribution >= 4 is 39.9 Å². The summed E-state index contributed by atoms with van der Waals surface area (Å²) in [6.45, 7) is 0.721. The van der Waals surface area contributed by atoms with Crippen molar-refractivity contribution in [1.82, 2.24) is 4.90 Å². The van der Waals surface area contributed by atoms with E-state index in [1.54, 1.807) is 6.19 Å². The van der Waals surface area contributed by atoms with Crippen LogP contribution in [0.5, 0.6) is 0 Å². The van der Waals surface area contributed by atoms with Crippen LogP contribution in [0.2, 0.25) is 4.34 Å². The van der Waals surface area contributed by atoms with E-state index < -0.39 is 0 Å². The van der Waals surface area contributed by atoms with E-state index >= 15 is 0 Å². The lowest BCUT2D eigenvalue weighted by molar-refractivity contribution is 0.516. The van der Waals surface area contributed by atoms with Gasteiger partial charge in [0, 0.05) is 11.9 Å². The maximum atomic E-state index is 8.49. The summed E-state index contributed by atoms with van der Waals surface area (Å²) in [5.41, 5.74) is 0. The van der Waals surface area contributed by atoms with Gasteiger partial charge in [-0.1, -0.05) is 23.4 Å². The number of amidine groups is 1. The highest BCUT2D eigenvalue weighted by Gasteiger charge is 2.07. The highest BCUT2D eigenvalue weighted by Crippen LogP contribution is 2.23. The van der Waals surface area contributed by atoms with E-state index in [2.05, 4.69) is 4.99 Å². The molecule has 0 aromatic carbocycles. The Hall–Kier alpha value is -0.700. The van der Waals surface area contributed by atoms with Crippen LogP contribution < -0.4 is 0 Å². The molecule has 15 heavy (non-hydrogen) atoms. The van der Waals surface area contributed by atoms with Gasteiger partial charge in [0.25, 0.3) is 0 Å². The first-order chi connectivity index (χ1) is 7.17. The molecule has 0 aliphatic carbocycles. The van der Waals surface area contributed by atoms with Gasteiger partial charge in [-0.3, -0.25) is 0 Å². The zero-order chi connectivity index (χ0) is 11.3. The average molecular weight is 260 g/mol. The van der Waals surface area contributed by atoms with Crippen LogP contribution in [-0.2, 0) is 6.54 Å². The lowest BCUT2D eigenvalue weighted by atomic mass is 10.4. The molecular formula is C9H10ClN3S2. The fourth-order valence-corrected chi connectivity index (χ4v) is 2.72. The van der Waals surface area contributed by atoms with Crippen molar-refractivity contribution < 1.29 is 0 Å². The van der Waals surface area contributed by atoms with E-state index in [-0.39, 0.29) is 0 Å². The Labute approximate surface area is 102 Å². The summed E-state index contributed by atoms with van der Waals surface area (Å²) in [5.74, 6) is 0. The topological polar surface area (TPSA) is 39.4 Å². The molecule has 0 saturated carbocycles. The van der Waals surface area contributed by atoms with Gasteiger partial charge in [-0.05, 0) is 18.4 Å². The predicted octanol–water partition coefficient (Wildman–Crippen LogP) is 3.03. The van der Waals surface area contributed by atoms with Crippen LogP contribution in [0.25, 0.3) is 0 Å². The monoisotopic (exact) mass is 259 g/mol. The Morgan fingerprint density at radius 2 is 2.47 bits per heavy atom. The van der Waals surface area contributed by atoms with Crippen LogP contribution in [0.1, 0.15) is 4.88 Å². The fourth-order valence-electron chi connectivity index (χ4n) is 1.07. The molecule has 0 atom stereocenters. The Morgan fingerprint density at radius 3 is 2.93 bits per heavy atom. The molecule has 1 heterocycles. The normalized spacial score (nSPS) is 11.2. The number of aliphatic imine (C=N–C) groups is 1. The van der Waals surface area contributed by atoms with E-state index in [9.17, 15) is 0 Å². The molecule has 0 saturated heterocycles. The second-order valence-electron chi connectivity index (χ2n) is 2.76. The fraction of sp³-hybridized carbons (Fsp3) is 0.333. The van der Waals surface area contributed by atoms with Gasteiger partial charge >= 0.3 is 0 Å². The summed E-state index contributed by atoms with van der Waals surface area (Å²) in [6.07, 6.45) is 3.69. The number of rotatable bonds is 2. The van der Waals surface area contributed by atoms with E-state index in [4.69, 9.17) is 16.9 Å². The second kappa shape index (κ2) is 6.01. The third-order valence-electron chi connectivity index (χ3n) is 1.68. The molecule has 0 aliphatic rings. The first-order valence-corrected chi connectivity index (χ1v) is 6.55. The smallest absolute Gasteiger partial charge is 0.208 e. The van der Waals surface area contributed by atoms with E-state index in [0.29, 0.717) is 5.17 Å². The van der Waals surface area contributed by atoms with Gasteiger partial charge in [-0.25, -0.2) is 0 Å². The van der Waals surface area contributed by atoms with Crippen LogP contribution in [0, 0.1) is 11.5 Å². The summed E-state index contributed by atoms with van der Waals surface area (Å²) in [4.78, 5) is 6.81. The predicted molar refractivity (Wildman–Crippen MR) is 67.4 cm³/mol. The van der Waals surface area contributed by atoms with Gasteiger partial charge in [-0.2, -0.15) is 5.26 Å². The molecule has 0 fully saturated rings. The number of nitrogens with zero attached hydrogens (tertiary/aromatic N) is 3. The summed E-state index contributed by atoms with van der Waals surface area (Å²) in [5, 5.41) is 9.20. The van der Waals surface area contributed by atoms with Gasteiger partial charge < -0.3 is 4.90 Å². The molecule has 1 aromatic heterocycles. The quantitative estimate of drug-likeness (QED) is 0.466. The molecule has 3 nitrogen and oxygen atoms in total. The van der Waals surface area contributed by atoms with Crippen molar-refractivity contribution in [1.29, 1.82) is 5.26 Å². The highest BCUT2D eigenvalue weighted by atomic mass is 35.5. The van der Waals surface area contributed by atoms with Crippen molar-refractivity contribution in [2.75, 3.05) is 13.3 Å².